The molecule has 0 bridgehead atoms. The van der Waals surface area contributed by atoms with E-state index >= 15 is 0 Å². The lowest BCUT2D eigenvalue weighted by Crippen LogP contribution is -2.12. The van der Waals surface area contributed by atoms with E-state index in [2.05, 4.69) is 15.0 Å². The van der Waals surface area contributed by atoms with Gasteiger partial charge < -0.3 is 0 Å². The summed E-state index contributed by atoms with van der Waals surface area (Å²) in [6.45, 7) is 4.00. The molecule has 0 saturated heterocycles. The number of pyridine rings is 1. The van der Waals surface area contributed by atoms with Crippen molar-refractivity contribution in [2.45, 2.75) is 18.7 Å². The largest absolute Gasteiger partial charge is 0.269 e. The summed E-state index contributed by atoms with van der Waals surface area (Å²) in [5, 5.41) is 1.01. The van der Waals surface area contributed by atoms with Crippen LogP contribution in [0.1, 0.15) is 13.8 Å². The van der Waals surface area contributed by atoms with Gasteiger partial charge in [0.2, 0.25) is 0 Å². The average Bonchev–Trinajstić information content (AvgIpc) is 3.14. The number of fused-ring (bicyclic) bond motifs is 1. The van der Waals surface area contributed by atoms with E-state index in [1.807, 2.05) is 19.9 Å². The highest BCUT2D eigenvalue weighted by Crippen LogP contribution is 2.25. The zero-order chi connectivity index (χ0) is 19.4. The van der Waals surface area contributed by atoms with Crippen molar-refractivity contribution in [2.24, 2.45) is 0 Å². The Balaban J connectivity index is 0.00000102. The van der Waals surface area contributed by atoms with E-state index < -0.39 is 10.0 Å². The molecule has 1 aromatic carbocycles. The monoisotopic (exact) mass is 400 g/mol. The fraction of sp³-hybridized carbons (Fsp3) is 0.105. The Hall–Kier alpha value is -2.77. The lowest BCUT2D eigenvalue weighted by molar-refractivity contribution is 0.589. The van der Waals surface area contributed by atoms with Gasteiger partial charge in [0.1, 0.15) is 11.5 Å². The summed E-state index contributed by atoms with van der Waals surface area (Å²) in [4.78, 5) is 12.5. The van der Waals surface area contributed by atoms with Gasteiger partial charge in [-0.1, -0.05) is 43.6 Å². The van der Waals surface area contributed by atoms with Crippen LogP contribution in [0.15, 0.2) is 72.1 Å². The van der Waals surface area contributed by atoms with Crippen LogP contribution in [0.25, 0.3) is 22.3 Å². The summed E-state index contributed by atoms with van der Waals surface area (Å²) in [7, 11) is -3.70. The van der Waals surface area contributed by atoms with Crippen molar-refractivity contribution in [2.75, 3.05) is 0 Å². The molecule has 6 nitrogen and oxygen atoms in total. The number of aromatic nitrogens is 4. The molecule has 0 radical (unpaired) electrons. The topological polar surface area (TPSA) is 77.7 Å². The third kappa shape index (κ3) is 3.70. The van der Waals surface area contributed by atoms with E-state index in [4.69, 9.17) is 11.6 Å². The Kier molecular flexibility index (Phi) is 5.53. The van der Waals surface area contributed by atoms with Crippen LogP contribution >= 0.6 is 11.6 Å². The molecule has 4 aromatic rings. The second kappa shape index (κ2) is 7.85. The molecule has 0 amide bonds. The van der Waals surface area contributed by atoms with Crippen molar-refractivity contribution in [3.8, 4) is 11.3 Å². The fourth-order valence-electron chi connectivity index (χ4n) is 2.53. The molecule has 0 unspecified atom stereocenters. The van der Waals surface area contributed by atoms with Gasteiger partial charge in [-0.25, -0.2) is 27.3 Å². The number of hydrogen-bond acceptors (Lipinski definition) is 5. The Labute approximate surface area is 162 Å². The summed E-state index contributed by atoms with van der Waals surface area (Å²) in [6.07, 6.45) is 4.43. The van der Waals surface area contributed by atoms with Crippen molar-refractivity contribution in [3.63, 3.8) is 0 Å². The molecule has 0 aliphatic heterocycles. The maximum atomic E-state index is 12.8. The highest BCUT2D eigenvalue weighted by atomic mass is 35.5. The molecule has 4 rings (SSSR count). The molecule has 3 aromatic heterocycles. The number of halogens is 1. The van der Waals surface area contributed by atoms with Crippen LogP contribution in [-0.2, 0) is 10.0 Å². The minimum atomic E-state index is -3.70. The second-order valence-corrected chi connectivity index (χ2v) is 7.49. The first-order valence-corrected chi connectivity index (χ1v) is 10.1. The van der Waals surface area contributed by atoms with Gasteiger partial charge in [-0.05, 0) is 24.3 Å². The molecule has 0 atom stereocenters. The van der Waals surface area contributed by atoms with Crippen molar-refractivity contribution >= 4 is 32.7 Å². The van der Waals surface area contributed by atoms with E-state index in [9.17, 15) is 8.42 Å². The Morgan fingerprint density at radius 3 is 2.41 bits per heavy atom. The summed E-state index contributed by atoms with van der Waals surface area (Å²) >= 11 is 5.89. The predicted molar refractivity (Wildman–Crippen MR) is 106 cm³/mol. The van der Waals surface area contributed by atoms with Crippen molar-refractivity contribution in [1.82, 2.24) is 18.9 Å². The van der Waals surface area contributed by atoms with E-state index in [1.165, 1.54) is 16.5 Å². The van der Waals surface area contributed by atoms with Crippen molar-refractivity contribution < 1.29 is 8.42 Å². The zero-order valence-corrected chi connectivity index (χ0v) is 16.3. The molecule has 0 aliphatic carbocycles. The highest BCUT2D eigenvalue weighted by molar-refractivity contribution is 7.90. The summed E-state index contributed by atoms with van der Waals surface area (Å²) in [5.74, 6) is 0. The van der Waals surface area contributed by atoms with E-state index in [1.54, 1.807) is 48.7 Å². The maximum absolute atomic E-state index is 12.8. The zero-order valence-electron chi connectivity index (χ0n) is 14.7. The van der Waals surface area contributed by atoms with Gasteiger partial charge in [-0.2, -0.15) is 0 Å². The van der Waals surface area contributed by atoms with Gasteiger partial charge in [0.25, 0.3) is 10.0 Å². The van der Waals surface area contributed by atoms with Crippen LogP contribution in [0.3, 0.4) is 0 Å². The quantitative estimate of drug-likeness (QED) is 0.476. The van der Waals surface area contributed by atoms with Gasteiger partial charge >= 0.3 is 0 Å². The van der Waals surface area contributed by atoms with Gasteiger partial charge in [0.05, 0.1) is 10.6 Å². The van der Waals surface area contributed by atoms with E-state index in [0.29, 0.717) is 21.9 Å². The summed E-state index contributed by atoms with van der Waals surface area (Å²) in [6, 6.07) is 13.4. The average molecular weight is 401 g/mol. The second-order valence-electron chi connectivity index (χ2n) is 5.29. The number of nitrogens with zero attached hydrogens (tertiary/aromatic N) is 4. The van der Waals surface area contributed by atoms with Crippen LogP contribution < -0.4 is 0 Å². The SMILES string of the molecule is CC.O=S(=O)(c1ccccc1)n1ccc2cc(-c3cc(Cl)ncn3)cnc21. The molecule has 0 N–H and O–H groups in total. The fourth-order valence-corrected chi connectivity index (χ4v) is 4.01. The van der Waals surface area contributed by atoms with Crippen molar-refractivity contribution in [3.05, 3.63) is 72.4 Å². The maximum Gasteiger partial charge on any atom is 0.269 e. The van der Waals surface area contributed by atoms with Crippen molar-refractivity contribution in [1.29, 1.82) is 0 Å². The standard InChI is InChI=1S/C17H11ClN4O2S.C2H6/c18-16-9-15(20-11-21-16)13-8-12-6-7-22(17(12)19-10-13)25(23,24)14-4-2-1-3-5-14;1-2/h1-11H;1-2H3. The number of hydrogen-bond donors (Lipinski definition) is 0. The molecule has 0 saturated carbocycles. The van der Waals surface area contributed by atoms with Crippen LogP contribution in [0.4, 0.5) is 0 Å². The summed E-state index contributed by atoms with van der Waals surface area (Å²) < 4.78 is 26.8. The minimum absolute atomic E-state index is 0.209. The smallest absolute Gasteiger partial charge is 0.237 e. The molecule has 0 aliphatic rings. The van der Waals surface area contributed by atoms with Gasteiger partial charge in [-0.15, -0.1) is 0 Å². The van der Waals surface area contributed by atoms with Crippen LogP contribution in [0.5, 0.6) is 0 Å². The molecule has 27 heavy (non-hydrogen) atoms. The molecule has 0 spiro atoms. The molecular weight excluding hydrogens is 384 g/mol. The van der Waals surface area contributed by atoms with Gasteiger partial charge in [-0.3, -0.25) is 0 Å². The highest BCUT2D eigenvalue weighted by Gasteiger charge is 2.19. The van der Waals surface area contributed by atoms with Gasteiger partial charge in [0, 0.05) is 29.4 Å². The molecule has 8 heteroatoms. The molecular formula is C19H17ClN4O2S. The van der Waals surface area contributed by atoms with Crippen LogP contribution in [0, 0.1) is 0 Å². The Morgan fingerprint density at radius 2 is 1.70 bits per heavy atom. The third-order valence-corrected chi connectivity index (χ3v) is 5.61. The Morgan fingerprint density at radius 1 is 0.963 bits per heavy atom. The summed E-state index contributed by atoms with van der Waals surface area (Å²) in [5.41, 5.74) is 1.70. The Bertz CT molecular complexity index is 1170. The number of benzene rings is 1. The van der Waals surface area contributed by atoms with Crippen LogP contribution in [-0.4, -0.2) is 27.3 Å². The van der Waals surface area contributed by atoms with E-state index in [-0.39, 0.29) is 4.90 Å². The minimum Gasteiger partial charge on any atom is -0.237 e. The lowest BCUT2D eigenvalue weighted by Gasteiger charge is -2.07. The number of rotatable bonds is 3. The first-order chi connectivity index (χ1) is 13.1. The first-order valence-electron chi connectivity index (χ1n) is 8.31. The molecule has 138 valence electrons. The van der Waals surface area contributed by atoms with Gasteiger partial charge in [0.15, 0.2) is 5.65 Å². The predicted octanol–water partition coefficient (Wildman–Crippen LogP) is 4.41. The third-order valence-electron chi connectivity index (χ3n) is 3.72. The lowest BCUT2D eigenvalue weighted by atomic mass is 10.2. The normalized spacial score (nSPS) is 11.1. The van der Waals surface area contributed by atoms with Crippen LogP contribution in [0.2, 0.25) is 5.15 Å². The van der Waals surface area contributed by atoms with E-state index in [0.717, 1.165) is 5.56 Å². The molecule has 3 heterocycles. The molecule has 0 fully saturated rings. The first kappa shape index (κ1) is 19.0.